The first kappa shape index (κ1) is 14.2. The van der Waals surface area contributed by atoms with Crippen LogP contribution in [0, 0.1) is 17.2 Å². The molecule has 0 bridgehead atoms. The van der Waals surface area contributed by atoms with E-state index in [2.05, 4.69) is 24.0 Å². The highest BCUT2D eigenvalue weighted by atomic mass is 32.2. The van der Waals surface area contributed by atoms with Gasteiger partial charge in [-0.05, 0) is 37.1 Å². The summed E-state index contributed by atoms with van der Waals surface area (Å²) in [6.07, 6.45) is 4.30. The van der Waals surface area contributed by atoms with E-state index in [0.29, 0.717) is 12.6 Å². The van der Waals surface area contributed by atoms with E-state index in [4.69, 9.17) is 5.73 Å². The van der Waals surface area contributed by atoms with Crippen molar-refractivity contribution in [1.82, 2.24) is 0 Å². The third-order valence-electron chi connectivity index (χ3n) is 3.90. The lowest BCUT2D eigenvalue weighted by Gasteiger charge is -2.40. The van der Waals surface area contributed by atoms with E-state index in [0.717, 1.165) is 35.0 Å². The number of hydrogen-bond acceptors (Lipinski definition) is 4. The molecule has 1 aliphatic heterocycles. The molecule has 1 aromatic carbocycles. The molecule has 0 saturated carbocycles. The van der Waals surface area contributed by atoms with E-state index < -0.39 is 0 Å². The van der Waals surface area contributed by atoms with Crippen LogP contribution in [0.3, 0.4) is 0 Å². The van der Waals surface area contributed by atoms with Gasteiger partial charge in [-0.25, -0.2) is 0 Å². The Morgan fingerprint density at radius 1 is 1.53 bits per heavy atom. The van der Waals surface area contributed by atoms with Crippen LogP contribution in [-0.2, 0) is 0 Å². The lowest BCUT2D eigenvalue weighted by atomic mass is 9.91. The average molecular weight is 275 g/mol. The molecule has 1 heterocycles. The fourth-order valence-corrected chi connectivity index (χ4v) is 3.40. The maximum absolute atomic E-state index is 9.45. The second-order valence-electron chi connectivity index (χ2n) is 5.18. The Balaban J connectivity index is 2.38. The fraction of sp³-hybridized carbons (Fsp3) is 0.533. The Bertz CT molecular complexity index is 481. The van der Waals surface area contributed by atoms with Crippen molar-refractivity contribution >= 4 is 17.4 Å². The van der Waals surface area contributed by atoms with Crippen molar-refractivity contribution in [1.29, 1.82) is 5.26 Å². The third kappa shape index (κ3) is 2.88. The van der Waals surface area contributed by atoms with Crippen molar-refractivity contribution in [2.24, 2.45) is 11.7 Å². The summed E-state index contributed by atoms with van der Waals surface area (Å²) in [5, 5.41) is 9.45. The van der Waals surface area contributed by atoms with Gasteiger partial charge in [0.1, 0.15) is 6.07 Å². The molecule has 1 aliphatic rings. The highest BCUT2D eigenvalue weighted by molar-refractivity contribution is 7.98. The van der Waals surface area contributed by atoms with Gasteiger partial charge in [0.25, 0.3) is 0 Å². The minimum atomic E-state index is 0.355. The van der Waals surface area contributed by atoms with Gasteiger partial charge in [0.15, 0.2) is 0 Å². The summed E-state index contributed by atoms with van der Waals surface area (Å²) in [5.41, 5.74) is 7.77. The molecule has 0 spiro atoms. The van der Waals surface area contributed by atoms with Crippen LogP contribution >= 0.6 is 11.8 Å². The summed E-state index contributed by atoms with van der Waals surface area (Å²) >= 11 is 1.63. The zero-order chi connectivity index (χ0) is 13.8. The predicted octanol–water partition coefficient (Wildman–Crippen LogP) is 2.84. The van der Waals surface area contributed by atoms with Gasteiger partial charge in [0, 0.05) is 24.0 Å². The van der Waals surface area contributed by atoms with Crippen molar-refractivity contribution in [2.75, 3.05) is 24.2 Å². The number of anilines is 1. The molecule has 0 amide bonds. The summed E-state index contributed by atoms with van der Waals surface area (Å²) in [5.74, 6) is 0.721. The Morgan fingerprint density at radius 2 is 2.32 bits per heavy atom. The summed E-state index contributed by atoms with van der Waals surface area (Å²) in [4.78, 5) is 3.38. The molecule has 2 N–H and O–H groups in total. The maximum atomic E-state index is 9.45. The van der Waals surface area contributed by atoms with Crippen molar-refractivity contribution in [3.05, 3.63) is 23.8 Å². The topological polar surface area (TPSA) is 53.0 Å². The van der Waals surface area contributed by atoms with Gasteiger partial charge in [0.05, 0.1) is 11.3 Å². The number of nitriles is 1. The molecule has 0 aliphatic carbocycles. The Labute approximate surface area is 119 Å². The van der Waals surface area contributed by atoms with E-state index in [1.807, 2.05) is 18.4 Å². The van der Waals surface area contributed by atoms with Crippen molar-refractivity contribution in [3.63, 3.8) is 0 Å². The standard InChI is InChI=1S/C15H21N3S/c1-11-6-7-18(12(8-11)9-16)14-4-3-5-15(19-2)13(14)10-17/h3-5,11-12H,6-9,16H2,1-2H3. The van der Waals surface area contributed by atoms with Gasteiger partial charge in [-0.1, -0.05) is 13.0 Å². The molecule has 1 aromatic rings. The molecular formula is C15H21N3S. The van der Waals surface area contributed by atoms with Gasteiger partial charge >= 0.3 is 0 Å². The number of nitrogens with two attached hydrogens (primary N) is 1. The lowest BCUT2D eigenvalue weighted by Crippen LogP contribution is -2.46. The number of piperidine rings is 1. The molecule has 19 heavy (non-hydrogen) atoms. The molecule has 2 atom stereocenters. The molecular weight excluding hydrogens is 254 g/mol. The van der Waals surface area contributed by atoms with E-state index >= 15 is 0 Å². The van der Waals surface area contributed by atoms with Crippen LogP contribution in [0.5, 0.6) is 0 Å². The second kappa shape index (κ2) is 6.31. The van der Waals surface area contributed by atoms with Crippen molar-refractivity contribution in [2.45, 2.75) is 30.7 Å². The zero-order valence-corrected chi connectivity index (χ0v) is 12.4. The quantitative estimate of drug-likeness (QED) is 0.862. The smallest absolute Gasteiger partial charge is 0.103 e. The Hall–Kier alpha value is -1.18. The molecule has 4 heteroatoms. The second-order valence-corrected chi connectivity index (χ2v) is 6.03. The van der Waals surface area contributed by atoms with Gasteiger partial charge in [0.2, 0.25) is 0 Å². The highest BCUT2D eigenvalue weighted by Gasteiger charge is 2.27. The normalized spacial score (nSPS) is 23.2. The van der Waals surface area contributed by atoms with Crippen molar-refractivity contribution in [3.8, 4) is 6.07 Å². The number of rotatable bonds is 3. The number of hydrogen-bond donors (Lipinski definition) is 1. The van der Waals surface area contributed by atoms with Gasteiger partial charge in [-0.2, -0.15) is 5.26 Å². The Kier molecular flexibility index (Phi) is 4.73. The SMILES string of the molecule is CSc1cccc(N2CCC(C)CC2CN)c1C#N. The molecule has 0 aromatic heterocycles. The minimum Gasteiger partial charge on any atom is -0.366 e. The van der Waals surface area contributed by atoms with Gasteiger partial charge < -0.3 is 10.6 Å². The minimum absolute atomic E-state index is 0.355. The van der Waals surface area contributed by atoms with Gasteiger partial charge in [-0.15, -0.1) is 11.8 Å². The molecule has 1 fully saturated rings. The molecule has 2 rings (SSSR count). The molecule has 0 radical (unpaired) electrons. The van der Waals surface area contributed by atoms with E-state index in [9.17, 15) is 5.26 Å². The zero-order valence-electron chi connectivity index (χ0n) is 11.6. The highest BCUT2D eigenvalue weighted by Crippen LogP contribution is 2.33. The van der Waals surface area contributed by atoms with Crippen LogP contribution in [0.2, 0.25) is 0 Å². The fourth-order valence-electron chi connectivity index (χ4n) is 2.83. The third-order valence-corrected chi connectivity index (χ3v) is 4.68. The van der Waals surface area contributed by atoms with Crippen molar-refractivity contribution < 1.29 is 0 Å². The number of nitrogens with zero attached hydrogens (tertiary/aromatic N) is 2. The maximum Gasteiger partial charge on any atom is 0.103 e. The summed E-state index contributed by atoms with van der Waals surface area (Å²) in [6, 6.07) is 8.82. The summed E-state index contributed by atoms with van der Waals surface area (Å²) in [6.45, 7) is 3.93. The predicted molar refractivity (Wildman–Crippen MR) is 81.5 cm³/mol. The van der Waals surface area contributed by atoms with E-state index in [1.54, 1.807) is 11.8 Å². The van der Waals surface area contributed by atoms with Crippen LogP contribution < -0.4 is 10.6 Å². The van der Waals surface area contributed by atoms with Crippen LogP contribution in [0.15, 0.2) is 23.1 Å². The first-order chi connectivity index (χ1) is 9.21. The molecule has 102 valence electrons. The summed E-state index contributed by atoms with van der Waals surface area (Å²) < 4.78 is 0. The number of benzene rings is 1. The monoisotopic (exact) mass is 275 g/mol. The van der Waals surface area contributed by atoms with E-state index in [1.165, 1.54) is 6.42 Å². The lowest BCUT2D eigenvalue weighted by molar-refractivity contribution is 0.366. The average Bonchev–Trinajstić information content (AvgIpc) is 2.46. The van der Waals surface area contributed by atoms with Crippen LogP contribution in [-0.4, -0.2) is 25.4 Å². The first-order valence-corrected chi connectivity index (χ1v) is 7.97. The van der Waals surface area contributed by atoms with Crippen LogP contribution in [0.1, 0.15) is 25.3 Å². The first-order valence-electron chi connectivity index (χ1n) is 6.75. The Morgan fingerprint density at radius 3 is 2.95 bits per heavy atom. The summed E-state index contributed by atoms with van der Waals surface area (Å²) in [7, 11) is 0. The van der Waals surface area contributed by atoms with Gasteiger partial charge in [-0.3, -0.25) is 0 Å². The van der Waals surface area contributed by atoms with Crippen LogP contribution in [0.4, 0.5) is 5.69 Å². The molecule has 3 nitrogen and oxygen atoms in total. The van der Waals surface area contributed by atoms with E-state index in [-0.39, 0.29) is 0 Å². The molecule has 1 saturated heterocycles. The van der Waals surface area contributed by atoms with Crippen LogP contribution in [0.25, 0.3) is 0 Å². The molecule has 2 unspecified atom stereocenters. The largest absolute Gasteiger partial charge is 0.366 e. The number of thioether (sulfide) groups is 1.